The zero-order valence-corrected chi connectivity index (χ0v) is 17.1. The third kappa shape index (κ3) is 4.42. The SMILES string of the molecule is CN(C)C(=O)N1CCC(C(=O)Nc2nc(-c3cccc(Br)c3)cs2)CC1. The van der Waals surface area contributed by atoms with E-state index in [9.17, 15) is 9.59 Å². The third-order valence-corrected chi connectivity index (χ3v) is 5.62. The normalized spacial score (nSPS) is 15.0. The molecule has 0 radical (unpaired) electrons. The van der Waals surface area contributed by atoms with Gasteiger partial charge in [-0.1, -0.05) is 28.1 Å². The lowest BCUT2D eigenvalue weighted by Gasteiger charge is -2.32. The van der Waals surface area contributed by atoms with Gasteiger partial charge in [-0.25, -0.2) is 9.78 Å². The summed E-state index contributed by atoms with van der Waals surface area (Å²) in [5.41, 5.74) is 1.85. The van der Waals surface area contributed by atoms with Gasteiger partial charge in [0.1, 0.15) is 0 Å². The molecule has 1 aliphatic heterocycles. The standard InChI is InChI=1S/C18H21BrN4O2S/c1-22(2)18(25)23-8-6-12(7-9-23)16(24)21-17-20-15(11-26-17)13-4-3-5-14(19)10-13/h3-5,10-12H,6-9H2,1-2H3,(H,20,21,24). The molecule has 0 unspecified atom stereocenters. The van der Waals surface area contributed by atoms with Gasteiger partial charge in [-0.15, -0.1) is 11.3 Å². The molecule has 3 rings (SSSR count). The molecule has 0 atom stereocenters. The quantitative estimate of drug-likeness (QED) is 0.792. The van der Waals surface area contributed by atoms with E-state index in [2.05, 4.69) is 26.2 Å². The number of rotatable bonds is 3. The van der Waals surface area contributed by atoms with Gasteiger partial charge in [0.05, 0.1) is 5.69 Å². The van der Waals surface area contributed by atoms with Gasteiger partial charge in [-0.3, -0.25) is 4.79 Å². The first kappa shape index (κ1) is 18.8. The second-order valence-corrected chi connectivity index (χ2v) is 8.25. The molecule has 1 aromatic carbocycles. The number of hydrogen-bond donors (Lipinski definition) is 1. The van der Waals surface area contributed by atoms with Crippen LogP contribution in [0.4, 0.5) is 9.93 Å². The molecule has 2 aromatic rings. The number of aromatic nitrogens is 1. The first-order valence-electron chi connectivity index (χ1n) is 8.42. The maximum absolute atomic E-state index is 12.5. The van der Waals surface area contributed by atoms with E-state index in [1.54, 1.807) is 23.9 Å². The highest BCUT2D eigenvalue weighted by Crippen LogP contribution is 2.28. The van der Waals surface area contributed by atoms with Crippen molar-refractivity contribution in [3.05, 3.63) is 34.1 Å². The van der Waals surface area contributed by atoms with Gasteiger partial charge in [-0.05, 0) is 25.0 Å². The number of nitrogens with zero attached hydrogens (tertiary/aromatic N) is 3. The highest BCUT2D eigenvalue weighted by Gasteiger charge is 2.28. The summed E-state index contributed by atoms with van der Waals surface area (Å²) < 4.78 is 0.993. The van der Waals surface area contributed by atoms with E-state index in [0.29, 0.717) is 31.1 Å². The first-order chi connectivity index (χ1) is 12.4. The summed E-state index contributed by atoms with van der Waals surface area (Å²) >= 11 is 4.88. The lowest BCUT2D eigenvalue weighted by atomic mass is 9.96. The Morgan fingerprint density at radius 3 is 2.69 bits per heavy atom. The molecule has 1 saturated heterocycles. The number of likely N-dealkylation sites (tertiary alicyclic amines) is 1. The summed E-state index contributed by atoms with van der Waals surface area (Å²) in [7, 11) is 3.49. The maximum Gasteiger partial charge on any atom is 0.319 e. The van der Waals surface area contributed by atoms with E-state index < -0.39 is 0 Å². The molecule has 26 heavy (non-hydrogen) atoms. The lowest BCUT2D eigenvalue weighted by Crippen LogP contribution is -2.45. The third-order valence-electron chi connectivity index (χ3n) is 4.37. The molecule has 138 valence electrons. The van der Waals surface area contributed by atoms with Crippen LogP contribution in [0.3, 0.4) is 0 Å². The van der Waals surface area contributed by atoms with Crippen molar-refractivity contribution in [1.82, 2.24) is 14.8 Å². The van der Waals surface area contributed by atoms with Crippen LogP contribution in [0, 0.1) is 5.92 Å². The maximum atomic E-state index is 12.5. The van der Waals surface area contributed by atoms with Crippen molar-refractivity contribution >= 4 is 44.3 Å². The van der Waals surface area contributed by atoms with E-state index in [-0.39, 0.29) is 17.9 Å². The van der Waals surface area contributed by atoms with Gasteiger partial charge in [0.15, 0.2) is 5.13 Å². The topological polar surface area (TPSA) is 65.5 Å². The van der Waals surface area contributed by atoms with Crippen LogP contribution in [0.2, 0.25) is 0 Å². The van der Waals surface area contributed by atoms with Crippen LogP contribution in [-0.2, 0) is 4.79 Å². The molecule has 8 heteroatoms. The highest BCUT2D eigenvalue weighted by molar-refractivity contribution is 9.10. The van der Waals surface area contributed by atoms with Crippen LogP contribution in [0.25, 0.3) is 11.3 Å². The Bertz CT molecular complexity index is 800. The van der Waals surface area contributed by atoms with Crippen LogP contribution < -0.4 is 5.32 Å². The Morgan fingerprint density at radius 1 is 1.31 bits per heavy atom. The van der Waals surface area contributed by atoms with Crippen molar-refractivity contribution < 1.29 is 9.59 Å². The predicted octanol–water partition coefficient (Wildman–Crippen LogP) is 3.90. The van der Waals surface area contributed by atoms with Crippen LogP contribution in [0.1, 0.15) is 12.8 Å². The summed E-state index contributed by atoms with van der Waals surface area (Å²) in [5, 5.41) is 5.47. The van der Waals surface area contributed by atoms with Crippen molar-refractivity contribution in [2.24, 2.45) is 5.92 Å². The summed E-state index contributed by atoms with van der Waals surface area (Å²) in [6.45, 7) is 1.21. The number of anilines is 1. The molecule has 0 saturated carbocycles. The average Bonchev–Trinajstić information content (AvgIpc) is 3.09. The minimum absolute atomic E-state index is 0.00226. The van der Waals surface area contributed by atoms with Crippen LogP contribution in [0.5, 0.6) is 0 Å². The first-order valence-corrected chi connectivity index (χ1v) is 10.1. The Labute approximate surface area is 165 Å². The van der Waals surface area contributed by atoms with Crippen molar-refractivity contribution in [1.29, 1.82) is 0 Å². The molecular weight excluding hydrogens is 416 g/mol. The number of benzene rings is 1. The largest absolute Gasteiger partial charge is 0.331 e. The lowest BCUT2D eigenvalue weighted by molar-refractivity contribution is -0.121. The zero-order chi connectivity index (χ0) is 18.7. The van der Waals surface area contributed by atoms with Gasteiger partial charge in [0.25, 0.3) is 0 Å². The number of carbonyl (C=O) groups is 2. The Balaban J connectivity index is 1.57. The molecule has 1 fully saturated rings. The fourth-order valence-corrected chi connectivity index (χ4v) is 4.06. The molecule has 2 heterocycles. The number of piperidine rings is 1. The van der Waals surface area contributed by atoms with Crippen molar-refractivity contribution in [2.75, 3.05) is 32.5 Å². The van der Waals surface area contributed by atoms with Crippen molar-refractivity contribution in [3.63, 3.8) is 0 Å². The molecule has 6 nitrogen and oxygen atoms in total. The van der Waals surface area contributed by atoms with Gasteiger partial charge >= 0.3 is 6.03 Å². The molecule has 0 bridgehead atoms. The van der Waals surface area contributed by atoms with E-state index in [1.165, 1.54) is 11.3 Å². The number of amides is 3. The van der Waals surface area contributed by atoms with Crippen LogP contribution in [0.15, 0.2) is 34.1 Å². The molecule has 1 aromatic heterocycles. The highest BCUT2D eigenvalue weighted by atomic mass is 79.9. The summed E-state index contributed by atoms with van der Waals surface area (Å²) in [5.74, 6) is -0.100. The van der Waals surface area contributed by atoms with Crippen molar-refractivity contribution in [2.45, 2.75) is 12.8 Å². The second kappa shape index (κ2) is 8.18. The van der Waals surface area contributed by atoms with Gasteiger partial charge in [-0.2, -0.15) is 0 Å². The minimum atomic E-state index is -0.0839. The molecular formula is C18H21BrN4O2S. The Morgan fingerprint density at radius 2 is 2.04 bits per heavy atom. The van der Waals surface area contributed by atoms with E-state index in [1.807, 2.05) is 29.6 Å². The van der Waals surface area contributed by atoms with Crippen LogP contribution >= 0.6 is 27.3 Å². The molecule has 1 N–H and O–H groups in total. The Kier molecular flexibility index (Phi) is 5.93. The van der Waals surface area contributed by atoms with Crippen LogP contribution in [-0.4, -0.2) is 53.9 Å². The van der Waals surface area contributed by atoms with Gasteiger partial charge < -0.3 is 15.1 Å². The summed E-state index contributed by atoms with van der Waals surface area (Å²) in [6.07, 6.45) is 1.35. The summed E-state index contributed by atoms with van der Waals surface area (Å²) in [4.78, 5) is 32.4. The van der Waals surface area contributed by atoms with E-state index in [4.69, 9.17) is 0 Å². The monoisotopic (exact) mass is 436 g/mol. The predicted molar refractivity (Wildman–Crippen MR) is 107 cm³/mol. The average molecular weight is 437 g/mol. The zero-order valence-electron chi connectivity index (χ0n) is 14.7. The van der Waals surface area contributed by atoms with Gasteiger partial charge in [0, 0.05) is 48.5 Å². The number of halogens is 1. The molecule has 0 aliphatic carbocycles. The Hall–Kier alpha value is -1.93. The molecule has 3 amide bonds. The number of urea groups is 1. The van der Waals surface area contributed by atoms with Gasteiger partial charge in [0.2, 0.25) is 5.91 Å². The van der Waals surface area contributed by atoms with Crippen molar-refractivity contribution in [3.8, 4) is 11.3 Å². The number of hydrogen-bond acceptors (Lipinski definition) is 4. The molecule has 1 aliphatic rings. The smallest absolute Gasteiger partial charge is 0.319 e. The fourth-order valence-electron chi connectivity index (χ4n) is 2.93. The fraction of sp³-hybridized carbons (Fsp3) is 0.389. The van der Waals surface area contributed by atoms with E-state index >= 15 is 0 Å². The molecule has 0 spiro atoms. The number of nitrogens with one attached hydrogen (secondary N) is 1. The number of carbonyl (C=O) groups excluding carboxylic acids is 2. The second-order valence-electron chi connectivity index (χ2n) is 6.48. The van der Waals surface area contributed by atoms with E-state index in [0.717, 1.165) is 15.7 Å². The number of thiazole rings is 1. The summed E-state index contributed by atoms with van der Waals surface area (Å²) in [6, 6.07) is 7.91. The minimum Gasteiger partial charge on any atom is -0.331 e.